The Morgan fingerprint density at radius 3 is 2.65 bits per heavy atom. The van der Waals surface area contributed by atoms with E-state index >= 15 is 0 Å². The molecule has 1 fully saturated rings. The topological polar surface area (TPSA) is 52.6 Å². The van der Waals surface area contributed by atoms with E-state index in [4.69, 9.17) is 9.47 Å². The van der Waals surface area contributed by atoms with E-state index in [9.17, 15) is 9.59 Å². The lowest BCUT2D eigenvalue weighted by Gasteiger charge is -2.36. The molecule has 0 amide bonds. The first kappa shape index (κ1) is 18.0. The molecule has 0 N–H and O–H groups in total. The zero-order chi connectivity index (χ0) is 17.0. The Hall–Kier alpha value is -1.36. The van der Waals surface area contributed by atoms with Gasteiger partial charge >= 0.3 is 11.9 Å². The van der Waals surface area contributed by atoms with Crippen molar-refractivity contribution < 1.29 is 19.1 Å². The molecule has 0 aliphatic heterocycles. The van der Waals surface area contributed by atoms with Crippen molar-refractivity contribution in [2.24, 2.45) is 17.8 Å². The van der Waals surface area contributed by atoms with E-state index in [1.807, 2.05) is 13.0 Å². The van der Waals surface area contributed by atoms with Crippen LogP contribution >= 0.6 is 11.3 Å². The van der Waals surface area contributed by atoms with Crippen LogP contribution in [-0.4, -0.2) is 24.6 Å². The van der Waals surface area contributed by atoms with Gasteiger partial charge in [-0.1, -0.05) is 27.2 Å². The number of aryl methyl sites for hydroxylation is 1. The molecule has 2 rings (SSSR count). The molecule has 3 atom stereocenters. The summed E-state index contributed by atoms with van der Waals surface area (Å²) in [7, 11) is 0. The highest BCUT2D eigenvalue weighted by molar-refractivity contribution is 7.13. The van der Waals surface area contributed by atoms with Crippen molar-refractivity contribution >= 4 is 23.3 Å². The summed E-state index contributed by atoms with van der Waals surface area (Å²) in [4.78, 5) is 25.4. The fraction of sp³-hybridized carbons (Fsp3) is 0.667. The van der Waals surface area contributed by atoms with Gasteiger partial charge in [0.25, 0.3) is 0 Å². The number of rotatable bonds is 5. The molecule has 0 spiro atoms. The van der Waals surface area contributed by atoms with Crippen molar-refractivity contribution in [2.75, 3.05) is 6.61 Å². The summed E-state index contributed by atoms with van der Waals surface area (Å²) in [6.45, 7) is 8.13. The summed E-state index contributed by atoms with van der Waals surface area (Å²) in [6, 6.07) is 3.57. The first-order valence-corrected chi connectivity index (χ1v) is 9.11. The van der Waals surface area contributed by atoms with Gasteiger partial charge in [-0.05, 0) is 49.7 Å². The molecule has 0 aromatic carbocycles. The largest absolute Gasteiger partial charge is 0.460 e. The van der Waals surface area contributed by atoms with Crippen molar-refractivity contribution in [3.63, 3.8) is 0 Å². The Balaban J connectivity index is 1.84. The van der Waals surface area contributed by atoms with Gasteiger partial charge < -0.3 is 9.47 Å². The number of hydrogen-bond acceptors (Lipinski definition) is 5. The minimum Gasteiger partial charge on any atom is -0.460 e. The van der Waals surface area contributed by atoms with Crippen LogP contribution in [0.25, 0.3) is 0 Å². The van der Waals surface area contributed by atoms with Gasteiger partial charge in [-0.25, -0.2) is 9.59 Å². The average Bonchev–Trinajstić information content (AvgIpc) is 2.91. The lowest BCUT2D eigenvalue weighted by atomic mass is 9.75. The predicted molar refractivity (Wildman–Crippen MR) is 90.6 cm³/mol. The molecule has 0 unspecified atom stereocenters. The Kier molecular flexibility index (Phi) is 6.22. The molecule has 23 heavy (non-hydrogen) atoms. The van der Waals surface area contributed by atoms with Gasteiger partial charge in [0, 0.05) is 4.88 Å². The van der Waals surface area contributed by atoms with E-state index in [1.165, 1.54) is 17.8 Å². The van der Waals surface area contributed by atoms with E-state index in [-0.39, 0.29) is 12.7 Å². The normalized spacial score (nSPS) is 24.5. The first-order valence-electron chi connectivity index (χ1n) is 8.30. The maximum absolute atomic E-state index is 12.0. The Bertz CT molecular complexity index is 549. The number of carbonyl (C=O) groups is 2. The van der Waals surface area contributed by atoms with E-state index in [2.05, 4.69) is 20.8 Å². The van der Waals surface area contributed by atoms with Crippen LogP contribution in [0.2, 0.25) is 0 Å². The second-order valence-corrected chi connectivity index (χ2v) is 8.13. The highest BCUT2D eigenvalue weighted by Crippen LogP contribution is 2.35. The molecule has 1 aromatic rings. The van der Waals surface area contributed by atoms with Crippen LogP contribution in [0.1, 0.15) is 54.6 Å². The van der Waals surface area contributed by atoms with Crippen LogP contribution in [-0.2, 0) is 14.3 Å². The standard InChI is InChI=1S/C18H26O4S/c1-11(2)14-7-5-12(3)9-15(14)22-17(19)10-21-18(20)16-8-6-13(4)23-16/h6,8,11-12,14-15H,5,7,9-10H2,1-4H3/t12-,14+,15-/m0/s1. The number of esters is 2. The van der Waals surface area contributed by atoms with E-state index in [0.29, 0.717) is 22.6 Å². The Morgan fingerprint density at radius 2 is 2.04 bits per heavy atom. The number of hydrogen-bond donors (Lipinski definition) is 0. The first-order chi connectivity index (χ1) is 10.9. The van der Waals surface area contributed by atoms with Gasteiger partial charge in [0.2, 0.25) is 0 Å². The van der Waals surface area contributed by atoms with Gasteiger partial charge in [-0.2, -0.15) is 0 Å². The van der Waals surface area contributed by atoms with Crippen molar-refractivity contribution in [3.05, 3.63) is 21.9 Å². The van der Waals surface area contributed by atoms with Crippen LogP contribution in [0.3, 0.4) is 0 Å². The van der Waals surface area contributed by atoms with Crippen LogP contribution < -0.4 is 0 Å². The predicted octanol–water partition coefficient (Wildman–Crippen LogP) is 4.22. The molecule has 0 radical (unpaired) electrons. The monoisotopic (exact) mass is 338 g/mol. The highest BCUT2D eigenvalue weighted by Gasteiger charge is 2.33. The fourth-order valence-electron chi connectivity index (χ4n) is 3.19. The third-order valence-electron chi connectivity index (χ3n) is 4.51. The maximum Gasteiger partial charge on any atom is 0.348 e. The number of thiophene rings is 1. The van der Waals surface area contributed by atoms with Crippen LogP contribution in [0.15, 0.2) is 12.1 Å². The Labute approximate surface area is 142 Å². The Morgan fingerprint density at radius 1 is 1.30 bits per heavy atom. The van der Waals surface area contributed by atoms with Crippen molar-refractivity contribution in [1.82, 2.24) is 0 Å². The van der Waals surface area contributed by atoms with Crippen LogP contribution in [0.5, 0.6) is 0 Å². The molecule has 1 aromatic heterocycles. The average molecular weight is 338 g/mol. The molecular formula is C18H26O4S. The van der Waals surface area contributed by atoms with E-state index in [1.54, 1.807) is 6.07 Å². The second kappa shape index (κ2) is 7.95. The molecular weight excluding hydrogens is 312 g/mol. The summed E-state index contributed by atoms with van der Waals surface area (Å²) in [5, 5.41) is 0. The molecule has 1 aliphatic carbocycles. The molecule has 0 bridgehead atoms. The number of ether oxygens (including phenoxy) is 2. The summed E-state index contributed by atoms with van der Waals surface area (Å²) in [5.74, 6) is 0.538. The van der Waals surface area contributed by atoms with Gasteiger partial charge in [0.1, 0.15) is 11.0 Å². The SMILES string of the molecule is Cc1ccc(C(=O)OCC(=O)O[C@H]2C[C@@H](C)CC[C@@H]2C(C)C)s1. The lowest BCUT2D eigenvalue weighted by Crippen LogP contribution is -2.36. The maximum atomic E-state index is 12.0. The number of carbonyl (C=O) groups excluding carboxylic acids is 2. The van der Waals surface area contributed by atoms with Gasteiger partial charge in [-0.3, -0.25) is 0 Å². The summed E-state index contributed by atoms with van der Waals surface area (Å²) < 4.78 is 10.7. The van der Waals surface area contributed by atoms with Gasteiger partial charge in [0.15, 0.2) is 6.61 Å². The second-order valence-electron chi connectivity index (χ2n) is 6.84. The van der Waals surface area contributed by atoms with Crippen molar-refractivity contribution in [3.8, 4) is 0 Å². The lowest BCUT2D eigenvalue weighted by molar-refractivity contribution is -0.159. The van der Waals surface area contributed by atoms with Gasteiger partial charge in [-0.15, -0.1) is 11.3 Å². The molecule has 1 saturated carbocycles. The smallest absolute Gasteiger partial charge is 0.348 e. The highest BCUT2D eigenvalue weighted by atomic mass is 32.1. The summed E-state index contributed by atoms with van der Waals surface area (Å²) in [5.41, 5.74) is 0. The molecule has 1 aliphatic rings. The quantitative estimate of drug-likeness (QED) is 0.754. The fourth-order valence-corrected chi connectivity index (χ4v) is 3.95. The van der Waals surface area contributed by atoms with E-state index < -0.39 is 11.9 Å². The van der Waals surface area contributed by atoms with Crippen molar-refractivity contribution in [1.29, 1.82) is 0 Å². The zero-order valence-corrected chi connectivity index (χ0v) is 15.2. The third-order valence-corrected chi connectivity index (χ3v) is 5.49. The van der Waals surface area contributed by atoms with Crippen LogP contribution in [0.4, 0.5) is 0 Å². The minimum atomic E-state index is -0.461. The molecule has 0 saturated heterocycles. The molecule has 5 heteroatoms. The van der Waals surface area contributed by atoms with Crippen molar-refractivity contribution in [2.45, 2.75) is 53.1 Å². The van der Waals surface area contributed by atoms with Gasteiger partial charge in [0.05, 0.1) is 0 Å². The van der Waals surface area contributed by atoms with Crippen LogP contribution in [0, 0.1) is 24.7 Å². The van der Waals surface area contributed by atoms with E-state index in [0.717, 1.165) is 17.7 Å². The summed E-state index contributed by atoms with van der Waals surface area (Å²) >= 11 is 1.36. The molecule has 1 heterocycles. The third kappa shape index (κ3) is 5.06. The zero-order valence-electron chi connectivity index (χ0n) is 14.3. The summed E-state index contributed by atoms with van der Waals surface area (Å²) in [6.07, 6.45) is 3.11. The minimum absolute atomic E-state index is 0.0612. The molecule has 128 valence electrons. The molecule has 4 nitrogen and oxygen atoms in total.